The van der Waals surface area contributed by atoms with Crippen molar-refractivity contribution in [2.75, 3.05) is 29.6 Å². The minimum absolute atomic E-state index is 0.0230. The maximum absolute atomic E-state index is 13.6. The Hall–Kier alpha value is -4.88. The lowest BCUT2D eigenvalue weighted by Crippen LogP contribution is -2.44. The summed E-state index contributed by atoms with van der Waals surface area (Å²) in [5.41, 5.74) is 0.955. The van der Waals surface area contributed by atoms with Crippen LogP contribution >= 0.6 is 0 Å². The first-order valence-corrected chi connectivity index (χ1v) is 17.1. The van der Waals surface area contributed by atoms with Gasteiger partial charge in [-0.1, -0.05) is 36.4 Å². The number of hydrogen-bond donors (Lipinski definition) is 0. The van der Waals surface area contributed by atoms with Crippen molar-refractivity contribution in [2.45, 2.75) is 48.6 Å². The van der Waals surface area contributed by atoms with Crippen LogP contribution in [0.2, 0.25) is 0 Å². The highest BCUT2D eigenvalue weighted by atomic mass is 32.2. The van der Waals surface area contributed by atoms with E-state index in [0.29, 0.717) is 67.4 Å². The molecular weight excluding hydrogens is 622 g/mol. The predicted octanol–water partition coefficient (Wildman–Crippen LogP) is 5.53. The Morgan fingerprint density at radius 1 is 0.915 bits per heavy atom. The van der Waals surface area contributed by atoms with E-state index in [9.17, 15) is 18.0 Å². The number of para-hydroxylation sites is 2. The summed E-state index contributed by atoms with van der Waals surface area (Å²) in [7, 11) is -3.41. The molecule has 12 nitrogen and oxygen atoms in total. The molecule has 1 saturated heterocycles. The van der Waals surface area contributed by atoms with E-state index in [1.165, 1.54) is 12.3 Å². The number of rotatable bonds is 8. The second-order valence-electron chi connectivity index (χ2n) is 11.9. The molecule has 4 aromatic rings. The Labute approximate surface area is 272 Å². The number of carbonyl (C=O) groups excluding carboxylic acids is 2. The molecular formula is C34H33N5O7S. The standard InChI is InChI=1S/C34H33N5O7S/c1-23-22-44-19-18-38(23)30-20-28(34(16-17-34)47(42,43)27-13-14-27)36-31(37-30)24-12-15-29(35-21-24)39(32(40)45-25-8-4-2-5-9-25)33(41)46-26-10-6-3-7-11-26/h2-12,15,20-21,23,27H,13-14,16-19,22H2,1H3/t23-/m0/s1. The number of nitrogens with zero attached hydrogens (tertiary/aromatic N) is 5. The summed E-state index contributed by atoms with van der Waals surface area (Å²) in [6.45, 7) is 3.67. The highest BCUT2D eigenvalue weighted by Gasteiger charge is 2.61. The molecule has 7 rings (SSSR count). The van der Waals surface area contributed by atoms with Crippen LogP contribution in [-0.2, 0) is 19.3 Å². The Bertz CT molecular complexity index is 1830. The normalized spacial score (nSPS) is 18.7. The number of hydrogen-bond acceptors (Lipinski definition) is 11. The monoisotopic (exact) mass is 655 g/mol. The predicted molar refractivity (Wildman–Crippen MR) is 173 cm³/mol. The average Bonchev–Trinajstić information content (AvgIpc) is 4.00. The van der Waals surface area contributed by atoms with Crippen LogP contribution < -0.4 is 19.3 Å². The molecule has 2 aliphatic carbocycles. The third-order valence-electron chi connectivity index (χ3n) is 8.55. The van der Waals surface area contributed by atoms with Crippen LogP contribution in [0.1, 0.15) is 38.3 Å². The van der Waals surface area contributed by atoms with Crippen molar-refractivity contribution in [3.05, 3.63) is 90.8 Å². The van der Waals surface area contributed by atoms with Crippen molar-refractivity contribution in [3.8, 4) is 22.9 Å². The van der Waals surface area contributed by atoms with Crippen LogP contribution in [-0.4, -0.2) is 66.6 Å². The lowest BCUT2D eigenvalue weighted by atomic mass is 10.2. The van der Waals surface area contributed by atoms with Gasteiger partial charge in [0.05, 0.1) is 30.2 Å². The van der Waals surface area contributed by atoms with E-state index in [1.807, 2.05) is 6.92 Å². The van der Waals surface area contributed by atoms with Crippen LogP contribution in [0, 0.1) is 0 Å². The topological polar surface area (TPSA) is 141 Å². The first-order chi connectivity index (χ1) is 22.7. The van der Waals surface area contributed by atoms with E-state index in [0.717, 1.165) is 0 Å². The fraction of sp³-hybridized carbons (Fsp3) is 0.324. The Balaban J connectivity index is 1.24. The number of aromatic nitrogens is 3. The third kappa shape index (κ3) is 6.15. The number of morpholine rings is 1. The number of amides is 2. The molecule has 47 heavy (non-hydrogen) atoms. The van der Waals surface area contributed by atoms with Gasteiger partial charge in [0.25, 0.3) is 0 Å². The van der Waals surface area contributed by atoms with Gasteiger partial charge in [-0.25, -0.2) is 33.0 Å². The van der Waals surface area contributed by atoms with Gasteiger partial charge in [-0.2, -0.15) is 4.90 Å². The zero-order valence-corrected chi connectivity index (χ0v) is 26.5. The van der Waals surface area contributed by atoms with Gasteiger partial charge in [0, 0.05) is 24.4 Å². The Morgan fingerprint density at radius 3 is 2.09 bits per heavy atom. The maximum Gasteiger partial charge on any atom is 0.430 e. The van der Waals surface area contributed by atoms with E-state index in [-0.39, 0.29) is 34.4 Å². The summed E-state index contributed by atoms with van der Waals surface area (Å²) in [6, 6.07) is 21.6. The fourth-order valence-corrected chi connectivity index (χ4v) is 8.15. The SMILES string of the molecule is C[C@H]1COCCN1c1cc(C2(S(=O)(=O)C3CC3)CC2)nc(-c2ccc(N(C(=O)Oc3ccccc3)C(=O)Oc3ccccc3)nc2)n1. The zero-order valence-electron chi connectivity index (χ0n) is 25.7. The van der Waals surface area contributed by atoms with Crippen molar-refractivity contribution >= 4 is 33.7 Å². The summed E-state index contributed by atoms with van der Waals surface area (Å²) < 4.78 is 42.7. The molecule has 2 aromatic carbocycles. The largest absolute Gasteiger partial charge is 0.430 e. The minimum atomic E-state index is -3.41. The molecule has 0 spiro atoms. The zero-order chi connectivity index (χ0) is 32.6. The first-order valence-electron chi connectivity index (χ1n) is 15.5. The van der Waals surface area contributed by atoms with Gasteiger partial charge in [-0.05, 0) is 69.0 Å². The second kappa shape index (κ2) is 12.4. The van der Waals surface area contributed by atoms with E-state index >= 15 is 0 Å². The first kappa shape index (κ1) is 30.8. The van der Waals surface area contributed by atoms with Crippen LogP contribution in [0.25, 0.3) is 11.4 Å². The highest BCUT2D eigenvalue weighted by Crippen LogP contribution is 2.57. The number of sulfone groups is 1. The molecule has 0 N–H and O–H groups in total. The molecule has 3 aliphatic rings. The van der Waals surface area contributed by atoms with Gasteiger partial charge in [-0.15, -0.1) is 0 Å². The molecule has 3 heterocycles. The quantitative estimate of drug-likeness (QED) is 0.236. The second-order valence-corrected chi connectivity index (χ2v) is 14.4. The molecule has 0 radical (unpaired) electrons. The van der Waals surface area contributed by atoms with E-state index in [4.69, 9.17) is 24.2 Å². The Kier molecular flexibility index (Phi) is 8.10. The molecule has 2 aromatic heterocycles. The van der Waals surface area contributed by atoms with Gasteiger partial charge < -0.3 is 19.1 Å². The molecule has 3 fully saturated rings. The van der Waals surface area contributed by atoms with Crippen LogP contribution in [0.5, 0.6) is 11.5 Å². The van der Waals surface area contributed by atoms with E-state index in [1.54, 1.807) is 72.8 Å². The van der Waals surface area contributed by atoms with Crippen LogP contribution in [0.15, 0.2) is 85.1 Å². The van der Waals surface area contributed by atoms with Gasteiger partial charge in [0.1, 0.15) is 27.9 Å². The lowest BCUT2D eigenvalue weighted by molar-refractivity contribution is 0.0985. The Morgan fingerprint density at radius 2 is 1.55 bits per heavy atom. The smallest absolute Gasteiger partial charge is 0.410 e. The van der Waals surface area contributed by atoms with Gasteiger partial charge in [-0.3, -0.25) is 0 Å². The van der Waals surface area contributed by atoms with Gasteiger partial charge in [0.2, 0.25) is 0 Å². The molecule has 0 bridgehead atoms. The maximum atomic E-state index is 13.6. The summed E-state index contributed by atoms with van der Waals surface area (Å²) in [6.07, 6.45) is 1.79. The van der Waals surface area contributed by atoms with Crippen molar-refractivity contribution in [2.24, 2.45) is 0 Å². The van der Waals surface area contributed by atoms with Crippen molar-refractivity contribution < 1.29 is 32.2 Å². The lowest BCUT2D eigenvalue weighted by Gasteiger charge is -2.34. The number of benzene rings is 2. The minimum Gasteiger partial charge on any atom is -0.410 e. The van der Waals surface area contributed by atoms with E-state index < -0.39 is 26.8 Å². The number of imide groups is 1. The summed E-state index contributed by atoms with van der Waals surface area (Å²) in [5.74, 6) is 1.32. The van der Waals surface area contributed by atoms with Crippen LogP contribution in [0.3, 0.4) is 0 Å². The fourth-order valence-electron chi connectivity index (χ4n) is 5.69. The third-order valence-corrected chi connectivity index (χ3v) is 11.6. The van der Waals surface area contributed by atoms with Crippen molar-refractivity contribution in [3.63, 3.8) is 0 Å². The summed E-state index contributed by atoms with van der Waals surface area (Å²) in [4.78, 5) is 43.5. The summed E-state index contributed by atoms with van der Waals surface area (Å²) >= 11 is 0. The number of anilines is 2. The molecule has 242 valence electrons. The van der Waals surface area contributed by atoms with Gasteiger partial charge in [0.15, 0.2) is 15.7 Å². The highest BCUT2D eigenvalue weighted by molar-refractivity contribution is 7.93. The van der Waals surface area contributed by atoms with Crippen LogP contribution in [0.4, 0.5) is 21.2 Å². The average molecular weight is 656 g/mol. The molecule has 2 saturated carbocycles. The molecule has 1 atom stereocenters. The molecule has 13 heteroatoms. The molecule has 0 unspecified atom stereocenters. The summed E-state index contributed by atoms with van der Waals surface area (Å²) in [5, 5.41) is -0.326. The molecule has 2 amide bonds. The number of carbonyl (C=O) groups is 2. The van der Waals surface area contributed by atoms with Gasteiger partial charge >= 0.3 is 12.2 Å². The molecule has 1 aliphatic heterocycles. The van der Waals surface area contributed by atoms with Crippen molar-refractivity contribution in [1.82, 2.24) is 15.0 Å². The van der Waals surface area contributed by atoms with Crippen molar-refractivity contribution in [1.29, 1.82) is 0 Å². The number of pyridine rings is 1. The van der Waals surface area contributed by atoms with E-state index in [2.05, 4.69) is 9.88 Å². The number of ether oxygens (including phenoxy) is 3.